The van der Waals surface area contributed by atoms with Gasteiger partial charge in [0.15, 0.2) is 0 Å². The molecule has 0 saturated carbocycles. The van der Waals surface area contributed by atoms with Gasteiger partial charge in [-0.3, -0.25) is 0 Å². The Kier molecular flexibility index (Phi) is 4.15. The van der Waals surface area contributed by atoms with Crippen LogP contribution < -0.4 is 5.32 Å². The topological polar surface area (TPSA) is 49.2 Å². The highest BCUT2D eigenvalue weighted by Crippen LogP contribution is 2.30. The Labute approximate surface area is 145 Å². The molecule has 0 bridgehead atoms. The van der Waals surface area contributed by atoms with Gasteiger partial charge in [0.1, 0.15) is 11.8 Å². The molecule has 4 rings (SSSR count). The van der Waals surface area contributed by atoms with E-state index in [0.29, 0.717) is 5.75 Å². The van der Waals surface area contributed by atoms with Gasteiger partial charge in [-0.15, -0.1) is 11.3 Å². The number of thiophene rings is 1. The first-order valence-corrected chi connectivity index (χ1v) is 8.97. The van der Waals surface area contributed by atoms with E-state index in [-0.39, 0.29) is 12.2 Å². The Morgan fingerprint density at radius 1 is 0.958 bits per heavy atom. The van der Waals surface area contributed by atoms with E-state index in [2.05, 4.69) is 35.0 Å². The highest BCUT2D eigenvalue weighted by atomic mass is 32.1. The van der Waals surface area contributed by atoms with Gasteiger partial charge >= 0.3 is 0 Å². The predicted octanol–water partition coefficient (Wildman–Crippen LogP) is 3.65. The van der Waals surface area contributed by atoms with Crippen LogP contribution in [-0.4, -0.2) is 10.8 Å². The Morgan fingerprint density at radius 2 is 1.75 bits per heavy atom. The molecule has 2 atom stereocenters. The number of hydrogen-bond donors (Lipinski definition) is 2. The average molecular weight is 335 g/mol. The minimum atomic E-state index is 0.0403. The largest absolute Gasteiger partial charge is 0.507 e. The third-order valence-corrected chi connectivity index (χ3v) is 5.34. The molecule has 1 aliphatic heterocycles. The third kappa shape index (κ3) is 2.98. The number of nitrogens with two attached hydrogens (primary N) is 1. The molecule has 2 aromatic carbocycles. The van der Waals surface area contributed by atoms with E-state index in [1.165, 1.54) is 4.88 Å². The fraction of sp³-hybridized carbons (Fsp3) is 0.150. The maximum atomic E-state index is 10.3. The molecule has 4 heteroatoms. The SMILES string of the molecule is Oc1ccccc1[C@@H]1CC(c2ccccc2)=N[C@@H](c2cccs2)[NH2+]1. The van der Waals surface area contributed by atoms with Crippen molar-refractivity contribution in [3.63, 3.8) is 0 Å². The van der Waals surface area contributed by atoms with E-state index in [9.17, 15) is 5.11 Å². The molecule has 0 aliphatic carbocycles. The Bertz CT molecular complexity index is 843. The van der Waals surface area contributed by atoms with Crippen LogP contribution in [0.2, 0.25) is 0 Å². The molecule has 0 spiro atoms. The Balaban J connectivity index is 1.74. The van der Waals surface area contributed by atoms with E-state index in [0.717, 1.165) is 23.3 Å². The lowest BCUT2D eigenvalue weighted by Gasteiger charge is -2.27. The number of phenols is 1. The van der Waals surface area contributed by atoms with E-state index in [4.69, 9.17) is 4.99 Å². The van der Waals surface area contributed by atoms with Crippen molar-refractivity contribution < 1.29 is 10.4 Å². The van der Waals surface area contributed by atoms with E-state index in [1.54, 1.807) is 17.4 Å². The summed E-state index contributed by atoms with van der Waals surface area (Å²) in [5, 5.41) is 14.6. The first-order valence-electron chi connectivity index (χ1n) is 8.09. The number of quaternary nitrogens is 1. The molecule has 3 nitrogen and oxygen atoms in total. The van der Waals surface area contributed by atoms with Crippen molar-refractivity contribution >= 4 is 17.0 Å². The number of aromatic hydroxyl groups is 1. The van der Waals surface area contributed by atoms with Crippen LogP contribution in [-0.2, 0) is 0 Å². The standard InChI is InChI=1S/C20H18N2OS/c23-18-10-5-4-9-15(18)17-13-16(14-7-2-1-3-8-14)21-20(22-17)19-11-6-12-24-19/h1-12,17,20,22-23H,13H2/p+1/t17-,20+/m0/s1. The Hall–Kier alpha value is -2.43. The minimum Gasteiger partial charge on any atom is -0.507 e. The summed E-state index contributed by atoms with van der Waals surface area (Å²) in [5.41, 5.74) is 3.24. The van der Waals surface area contributed by atoms with Gasteiger partial charge in [0.25, 0.3) is 0 Å². The van der Waals surface area contributed by atoms with Gasteiger partial charge in [-0.25, -0.2) is 4.99 Å². The van der Waals surface area contributed by atoms with Crippen molar-refractivity contribution in [2.24, 2.45) is 4.99 Å². The molecule has 3 aromatic rings. The molecule has 1 aromatic heterocycles. The van der Waals surface area contributed by atoms with Crippen LogP contribution >= 0.6 is 11.3 Å². The normalized spacial score (nSPS) is 20.6. The summed E-state index contributed by atoms with van der Waals surface area (Å²) in [6, 6.07) is 22.3. The van der Waals surface area contributed by atoms with Crippen molar-refractivity contribution in [1.82, 2.24) is 0 Å². The summed E-state index contributed by atoms with van der Waals surface area (Å²) >= 11 is 1.73. The molecular formula is C20H19N2OS+. The van der Waals surface area contributed by atoms with Crippen molar-refractivity contribution in [3.05, 3.63) is 88.1 Å². The number of nitrogens with zero attached hydrogens (tertiary/aromatic N) is 1. The summed E-state index contributed by atoms with van der Waals surface area (Å²) in [6.07, 6.45) is 0.849. The van der Waals surface area contributed by atoms with Crippen LogP contribution in [0.1, 0.15) is 34.6 Å². The maximum absolute atomic E-state index is 10.3. The molecule has 3 N–H and O–H groups in total. The maximum Gasteiger partial charge on any atom is 0.215 e. The lowest BCUT2D eigenvalue weighted by atomic mass is 9.94. The van der Waals surface area contributed by atoms with Crippen molar-refractivity contribution in [2.45, 2.75) is 18.6 Å². The molecule has 0 radical (unpaired) electrons. The molecule has 0 saturated heterocycles. The molecule has 0 fully saturated rings. The average Bonchev–Trinajstić information content (AvgIpc) is 3.17. The fourth-order valence-electron chi connectivity index (χ4n) is 3.22. The molecular weight excluding hydrogens is 316 g/mol. The summed E-state index contributed by atoms with van der Waals surface area (Å²) in [6.45, 7) is 0. The van der Waals surface area contributed by atoms with Crippen molar-refractivity contribution in [3.8, 4) is 5.75 Å². The summed E-state index contributed by atoms with van der Waals surface area (Å²) in [5.74, 6) is 0.359. The summed E-state index contributed by atoms with van der Waals surface area (Å²) in [4.78, 5) is 6.23. The van der Waals surface area contributed by atoms with Crippen molar-refractivity contribution in [1.29, 1.82) is 0 Å². The molecule has 1 aliphatic rings. The van der Waals surface area contributed by atoms with Crippen LogP contribution in [0.4, 0.5) is 0 Å². The quantitative estimate of drug-likeness (QED) is 0.754. The number of hydrogen-bond acceptors (Lipinski definition) is 3. The lowest BCUT2D eigenvalue weighted by molar-refractivity contribution is -0.734. The first-order chi connectivity index (χ1) is 11.8. The van der Waals surface area contributed by atoms with Crippen molar-refractivity contribution in [2.75, 3.05) is 0 Å². The highest BCUT2D eigenvalue weighted by molar-refractivity contribution is 7.10. The second-order valence-corrected chi connectivity index (χ2v) is 6.94. The smallest absolute Gasteiger partial charge is 0.215 e. The van der Waals surface area contributed by atoms with Gasteiger partial charge in [-0.2, -0.15) is 0 Å². The predicted molar refractivity (Wildman–Crippen MR) is 97.4 cm³/mol. The number of aliphatic imine (C=N–C) groups is 1. The molecule has 0 unspecified atom stereocenters. The third-order valence-electron chi connectivity index (χ3n) is 4.40. The monoisotopic (exact) mass is 335 g/mol. The Morgan fingerprint density at radius 3 is 2.50 bits per heavy atom. The lowest BCUT2D eigenvalue weighted by Crippen LogP contribution is -2.87. The zero-order valence-electron chi connectivity index (χ0n) is 13.2. The van der Waals surface area contributed by atoms with Crippen LogP contribution in [0.3, 0.4) is 0 Å². The number of phenolic OH excluding ortho intramolecular Hbond substituents is 1. The molecule has 2 heterocycles. The van der Waals surface area contributed by atoms with Crippen LogP contribution in [0.25, 0.3) is 0 Å². The van der Waals surface area contributed by atoms with Gasteiger partial charge < -0.3 is 10.4 Å². The van der Waals surface area contributed by atoms with E-state index >= 15 is 0 Å². The van der Waals surface area contributed by atoms with Gasteiger partial charge in [-0.05, 0) is 29.1 Å². The molecule has 24 heavy (non-hydrogen) atoms. The number of para-hydroxylation sites is 1. The number of benzene rings is 2. The fourth-order valence-corrected chi connectivity index (χ4v) is 3.96. The molecule has 0 amide bonds. The van der Waals surface area contributed by atoms with Gasteiger partial charge in [0, 0.05) is 6.42 Å². The summed E-state index contributed by atoms with van der Waals surface area (Å²) in [7, 11) is 0. The van der Waals surface area contributed by atoms with Crippen LogP contribution in [0, 0.1) is 0 Å². The first kappa shape index (κ1) is 15.1. The van der Waals surface area contributed by atoms with E-state index in [1.807, 2.05) is 36.4 Å². The number of rotatable bonds is 3. The minimum absolute atomic E-state index is 0.0403. The summed E-state index contributed by atoms with van der Waals surface area (Å²) < 4.78 is 0. The van der Waals surface area contributed by atoms with Crippen LogP contribution in [0.15, 0.2) is 77.1 Å². The van der Waals surface area contributed by atoms with Crippen LogP contribution in [0.5, 0.6) is 5.75 Å². The highest BCUT2D eigenvalue weighted by Gasteiger charge is 2.31. The molecule has 120 valence electrons. The second-order valence-electron chi connectivity index (χ2n) is 5.96. The van der Waals surface area contributed by atoms with Gasteiger partial charge in [0.05, 0.1) is 16.2 Å². The zero-order valence-corrected chi connectivity index (χ0v) is 14.0. The second kappa shape index (κ2) is 6.59. The zero-order chi connectivity index (χ0) is 16.4. The van der Waals surface area contributed by atoms with Gasteiger partial charge in [-0.1, -0.05) is 48.5 Å². The van der Waals surface area contributed by atoms with Gasteiger partial charge in [0.2, 0.25) is 6.17 Å². The van der Waals surface area contributed by atoms with E-state index < -0.39 is 0 Å².